The first-order valence-corrected chi connectivity index (χ1v) is 0.928. The third kappa shape index (κ3) is 453. The zero-order valence-corrected chi connectivity index (χ0v) is 4.36. The molecule has 0 aromatic heterocycles. The highest BCUT2D eigenvalue weighted by atomic mass is 32.1. The number of hydrogen-bond acceptors (Lipinski definition) is 1. The van der Waals surface area contributed by atoms with Crippen LogP contribution in [0.1, 0.15) is 6.92 Å². The molecule has 0 saturated heterocycles. The summed E-state index contributed by atoms with van der Waals surface area (Å²) < 4.78 is 0. The number of rotatable bonds is 0. The minimum atomic E-state index is -0.833. The van der Waals surface area contributed by atoms with E-state index in [9.17, 15) is 0 Å². The second-order valence-corrected chi connectivity index (χ2v) is 0.519. The Morgan fingerprint density at radius 2 is 1.57 bits per heavy atom. The summed E-state index contributed by atoms with van der Waals surface area (Å²) in [5.74, 6) is -0.833. The minimum absolute atomic E-state index is 0. The number of hydrogen-bond donors (Lipinski definition) is 1. The van der Waals surface area contributed by atoms with Crippen molar-refractivity contribution in [2.45, 2.75) is 6.92 Å². The van der Waals surface area contributed by atoms with E-state index in [4.69, 9.17) is 9.90 Å². The SMILES string of the molecule is CC(=O)O.O.S.[MgH2]. The van der Waals surface area contributed by atoms with Gasteiger partial charge in [-0.15, -0.1) is 0 Å². The van der Waals surface area contributed by atoms with E-state index in [-0.39, 0.29) is 42.0 Å². The van der Waals surface area contributed by atoms with E-state index in [1.54, 1.807) is 0 Å². The molecule has 0 aromatic rings. The lowest BCUT2D eigenvalue weighted by atomic mass is 10.9. The summed E-state index contributed by atoms with van der Waals surface area (Å²) in [6, 6.07) is 0. The lowest BCUT2D eigenvalue weighted by Gasteiger charge is -1.59. The summed E-state index contributed by atoms with van der Waals surface area (Å²) >= 11 is 0. The largest absolute Gasteiger partial charge is 0.481 e. The number of carboxylic acids is 1. The summed E-state index contributed by atoms with van der Waals surface area (Å²) in [5, 5.41) is 7.42. The van der Waals surface area contributed by atoms with Crippen LogP contribution in [0, 0.1) is 0 Å². The number of carbonyl (C=O) groups is 1. The van der Waals surface area contributed by atoms with Crippen molar-refractivity contribution in [1.29, 1.82) is 0 Å². The molecule has 0 heterocycles. The molecule has 0 fully saturated rings. The Bertz CT molecular complexity index is 35.9. The van der Waals surface area contributed by atoms with E-state index in [2.05, 4.69) is 0 Å². The minimum Gasteiger partial charge on any atom is -0.481 e. The average molecular weight is 138 g/mol. The van der Waals surface area contributed by atoms with Crippen molar-refractivity contribution in [3.63, 3.8) is 0 Å². The first-order valence-electron chi connectivity index (χ1n) is 0.928. The van der Waals surface area contributed by atoms with Crippen molar-refractivity contribution in [2.75, 3.05) is 0 Å². The summed E-state index contributed by atoms with van der Waals surface area (Å²) in [5.41, 5.74) is 0. The molecule has 0 aromatic carbocycles. The number of carboxylic acid groups (broad SMARTS) is 1. The average Bonchev–Trinajstić information content (AvgIpc) is 0.811. The Morgan fingerprint density at radius 1 is 1.57 bits per heavy atom. The summed E-state index contributed by atoms with van der Waals surface area (Å²) in [6.07, 6.45) is 0. The van der Waals surface area contributed by atoms with Gasteiger partial charge in [-0.05, 0) is 0 Å². The van der Waals surface area contributed by atoms with Gasteiger partial charge < -0.3 is 10.6 Å². The normalized spacial score (nSPS) is 3.57. The molecule has 0 aliphatic carbocycles. The first-order chi connectivity index (χ1) is 1.73. The molecule has 44 valence electrons. The maximum absolute atomic E-state index is 9.00. The maximum atomic E-state index is 9.00. The van der Waals surface area contributed by atoms with E-state index in [1.807, 2.05) is 0 Å². The van der Waals surface area contributed by atoms with E-state index < -0.39 is 5.97 Å². The molecule has 0 atom stereocenters. The monoisotopic (exact) mass is 138 g/mol. The molecule has 0 saturated carbocycles. The van der Waals surface area contributed by atoms with Crippen molar-refractivity contribution in [3.05, 3.63) is 0 Å². The molecule has 3 N–H and O–H groups in total. The van der Waals surface area contributed by atoms with Gasteiger partial charge in [0.15, 0.2) is 0 Å². The molecule has 0 bridgehead atoms. The molecule has 0 radical (unpaired) electrons. The highest BCUT2D eigenvalue weighted by molar-refractivity contribution is 7.59. The molecule has 5 heteroatoms. The lowest BCUT2D eigenvalue weighted by Crippen LogP contribution is -1.78. The van der Waals surface area contributed by atoms with Crippen molar-refractivity contribution in [3.8, 4) is 0 Å². The summed E-state index contributed by atoms with van der Waals surface area (Å²) in [7, 11) is 0. The Morgan fingerprint density at radius 3 is 1.57 bits per heavy atom. The topological polar surface area (TPSA) is 68.8 Å². The van der Waals surface area contributed by atoms with Crippen LogP contribution in [0.5, 0.6) is 0 Å². The number of aliphatic carboxylic acids is 1. The highest BCUT2D eigenvalue weighted by Gasteiger charge is 1.65. The molecule has 0 spiro atoms. The van der Waals surface area contributed by atoms with Gasteiger partial charge in [-0.2, -0.15) is 13.5 Å². The van der Waals surface area contributed by atoms with Crippen molar-refractivity contribution < 1.29 is 15.4 Å². The Hall–Kier alpha value is 0.546. The molecule has 0 aliphatic heterocycles. The van der Waals surface area contributed by atoms with Gasteiger partial charge >= 0.3 is 23.1 Å². The Kier molecular flexibility index (Phi) is 58.8. The van der Waals surface area contributed by atoms with Gasteiger partial charge in [-0.25, -0.2) is 0 Å². The van der Waals surface area contributed by atoms with Gasteiger partial charge in [0.05, 0.1) is 0 Å². The summed E-state index contributed by atoms with van der Waals surface area (Å²) in [4.78, 5) is 9.00. The van der Waals surface area contributed by atoms with Crippen LogP contribution >= 0.6 is 13.5 Å². The third-order valence-corrected chi connectivity index (χ3v) is 0. The maximum Gasteiger partial charge on any atom is 0.316 e. The smallest absolute Gasteiger partial charge is 0.316 e. The van der Waals surface area contributed by atoms with Gasteiger partial charge in [0.2, 0.25) is 0 Å². The van der Waals surface area contributed by atoms with Gasteiger partial charge in [0, 0.05) is 6.92 Å². The first kappa shape index (κ1) is 25.7. The zero-order valence-electron chi connectivity index (χ0n) is 3.36. The van der Waals surface area contributed by atoms with Crippen LogP contribution in [0.4, 0.5) is 0 Å². The van der Waals surface area contributed by atoms with Gasteiger partial charge in [-0.3, -0.25) is 4.79 Å². The molecule has 0 rings (SSSR count). The van der Waals surface area contributed by atoms with Crippen molar-refractivity contribution in [1.82, 2.24) is 0 Å². The van der Waals surface area contributed by atoms with Crippen LogP contribution in [-0.2, 0) is 4.79 Å². The van der Waals surface area contributed by atoms with Crippen molar-refractivity contribution in [2.24, 2.45) is 0 Å². The molecule has 0 amide bonds. The fraction of sp³-hybridized carbons (Fsp3) is 0.500. The quantitative estimate of drug-likeness (QED) is 0.412. The van der Waals surface area contributed by atoms with Crippen molar-refractivity contribution >= 4 is 42.5 Å². The standard InChI is InChI=1S/C2H4O2.Mg.H2O.H2S.2H/c1-2(3)4;;;;;/h1H3,(H,3,4);;2*1H2;;. The molecular weight excluding hydrogens is 128 g/mol. The van der Waals surface area contributed by atoms with Crippen LogP contribution in [-0.4, -0.2) is 39.6 Å². The van der Waals surface area contributed by atoms with Crippen LogP contribution in [0.3, 0.4) is 0 Å². The molecule has 0 unspecified atom stereocenters. The van der Waals surface area contributed by atoms with Crippen LogP contribution in [0.2, 0.25) is 0 Å². The Labute approximate surface area is 65.0 Å². The van der Waals surface area contributed by atoms with Crippen LogP contribution < -0.4 is 0 Å². The second kappa shape index (κ2) is 16.0. The van der Waals surface area contributed by atoms with Gasteiger partial charge in [-0.1, -0.05) is 0 Å². The predicted molar refractivity (Wildman–Crippen MR) is 35.8 cm³/mol. The van der Waals surface area contributed by atoms with E-state index in [0.717, 1.165) is 6.92 Å². The fourth-order valence-electron chi connectivity index (χ4n) is 0. The predicted octanol–water partition coefficient (Wildman–Crippen LogP) is -1.54. The lowest BCUT2D eigenvalue weighted by molar-refractivity contribution is -0.134. The van der Waals surface area contributed by atoms with Gasteiger partial charge in [0.1, 0.15) is 0 Å². The zero-order chi connectivity index (χ0) is 3.58. The van der Waals surface area contributed by atoms with E-state index >= 15 is 0 Å². The van der Waals surface area contributed by atoms with Crippen LogP contribution in [0.15, 0.2) is 0 Å². The molecule has 7 heavy (non-hydrogen) atoms. The summed E-state index contributed by atoms with van der Waals surface area (Å²) in [6.45, 7) is 1.08. The van der Waals surface area contributed by atoms with Gasteiger partial charge in [0.25, 0.3) is 5.97 Å². The Balaban J connectivity index is -0.0000000150. The highest BCUT2D eigenvalue weighted by Crippen LogP contribution is 1.42. The second-order valence-electron chi connectivity index (χ2n) is 0.519. The fourth-order valence-corrected chi connectivity index (χ4v) is 0. The van der Waals surface area contributed by atoms with E-state index in [0.29, 0.717) is 0 Å². The van der Waals surface area contributed by atoms with Crippen LogP contribution in [0.25, 0.3) is 0 Å². The molecule has 3 nitrogen and oxygen atoms in total. The molecular formula is C2H10MgO3S. The molecule has 0 aliphatic rings. The third-order valence-electron chi connectivity index (χ3n) is 0. The van der Waals surface area contributed by atoms with E-state index in [1.165, 1.54) is 0 Å².